The van der Waals surface area contributed by atoms with Crippen molar-refractivity contribution in [1.29, 1.82) is 5.26 Å². The van der Waals surface area contributed by atoms with Crippen LogP contribution in [-0.2, 0) is 17.9 Å². The monoisotopic (exact) mass is 604 g/mol. The van der Waals surface area contributed by atoms with Gasteiger partial charge in [-0.25, -0.2) is 0 Å². The lowest BCUT2D eigenvalue weighted by atomic mass is 10.1. The molecular formula is C30H25IN2O4. The van der Waals surface area contributed by atoms with Crippen molar-refractivity contribution in [3.63, 3.8) is 0 Å². The summed E-state index contributed by atoms with van der Waals surface area (Å²) in [7, 11) is 3.13. The van der Waals surface area contributed by atoms with Crippen molar-refractivity contribution in [3.8, 4) is 23.3 Å². The molecule has 6 nitrogen and oxygen atoms in total. The molecule has 37 heavy (non-hydrogen) atoms. The number of amides is 1. The number of hydrogen-bond acceptors (Lipinski definition) is 5. The van der Waals surface area contributed by atoms with Crippen LogP contribution in [0.4, 0.5) is 0 Å². The summed E-state index contributed by atoms with van der Waals surface area (Å²) in [6.45, 7) is 0.650. The lowest BCUT2D eigenvalue weighted by molar-refractivity contribution is -0.117. The predicted molar refractivity (Wildman–Crippen MR) is 152 cm³/mol. The van der Waals surface area contributed by atoms with E-state index in [1.165, 1.54) is 5.39 Å². The van der Waals surface area contributed by atoms with Gasteiger partial charge in [0.1, 0.15) is 35.5 Å². The summed E-state index contributed by atoms with van der Waals surface area (Å²) >= 11 is 2.20. The van der Waals surface area contributed by atoms with Gasteiger partial charge in [0.25, 0.3) is 5.91 Å². The van der Waals surface area contributed by atoms with E-state index < -0.39 is 5.91 Å². The molecule has 0 bridgehead atoms. The Balaban J connectivity index is 1.43. The number of nitrogens with zero attached hydrogens (tertiary/aromatic N) is 1. The molecule has 0 radical (unpaired) electrons. The maximum absolute atomic E-state index is 12.7. The number of carbonyl (C=O) groups is 1. The third-order valence-corrected chi connectivity index (χ3v) is 6.67. The zero-order chi connectivity index (χ0) is 26.2. The van der Waals surface area contributed by atoms with Crippen LogP contribution in [0.25, 0.3) is 16.8 Å². The Hall–Kier alpha value is -4.03. The van der Waals surface area contributed by atoms with Crippen molar-refractivity contribution in [3.05, 3.63) is 105 Å². The molecule has 0 aromatic heterocycles. The quantitative estimate of drug-likeness (QED) is 0.139. The Morgan fingerprint density at radius 1 is 0.946 bits per heavy atom. The molecule has 0 spiro atoms. The normalized spacial score (nSPS) is 11.0. The van der Waals surface area contributed by atoms with Gasteiger partial charge in [0, 0.05) is 18.2 Å². The molecule has 4 rings (SSSR count). The fraction of sp³-hybridized carbons (Fsp3) is 0.133. The average Bonchev–Trinajstić information content (AvgIpc) is 2.94. The second kappa shape index (κ2) is 12.3. The summed E-state index contributed by atoms with van der Waals surface area (Å²) in [5.74, 6) is 1.52. The summed E-state index contributed by atoms with van der Waals surface area (Å²) in [5.41, 5.74) is 2.62. The number of ether oxygens (including phenoxy) is 3. The number of carbonyl (C=O) groups excluding carboxylic acids is 1. The highest BCUT2D eigenvalue weighted by Crippen LogP contribution is 2.27. The highest BCUT2D eigenvalue weighted by atomic mass is 127. The third-order valence-electron chi connectivity index (χ3n) is 5.83. The number of nitriles is 1. The van der Waals surface area contributed by atoms with E-state index in [0.717, 1.165) is 31.4 Å². The Morgan fingerprint density at radius 3 is 2.51 bits per heavy atom. The van der Waals surface area contributed by atoms with E-state index in [0.29, 0.717) is 18.1 Å². The van der Waals surface area contributed by atoms with Crippen LogP contribution >= 0.6 is 22.6 Å². The Kier molecular flexibility index (Phi) is 8.64. The minimum Gasteiger partial charge on any atom is -0.497 e. The van der Waals surface area contributed by atoms with Crippen molar-refractivity contribution in [2.24, 2.45) is 0 Å². The SMILES string of the molecule is COc1ccc(CNC(=O)/C(C#N)=C/c2ccc(OCc3cccc4ccccc34)c(I)c2)c(OC)c1. The Labute approximate surface area is 229 Å². The lowest BCUT2D eigenvalue weighted by Crippen LogP contribution is -2.24. The molecule has 0 saturated heterocycles. The summed E-state index contributed by atoms with van der Waals surface area (Å²) in [6, 6.07) is 27.3. The highest BCUT2D eigenvalue weighted by molar-refractivity contribution is 14.1. The second-order valence-electron chi connectivity index (χ2n) is 8.15. The van der Waals surface area contributed by atoms with E-state index in [1.54, 1.807) is 32.4 Å². The van der Waals surface area contributed by atoms with Crippen LogP contribution in [0.3, 0.4) is 0 Å². The summed E-state index contributed by atoms with van der Waals surface area (Å²) in [4.78, 5) is 12.7. The molecule has 0 aliphatic rings. The first-order chi connectivity index (χ1) is 18.0. The average molecular weight is 604 g/mol. The molecular weight excluding hydrogens is 579 g/mol. The molecule has 0 fully saturated rings. The number of nitrogens with one attached hydrogen (secondary N) is 1. The summed E-state index contributed by atoms with van der Waals surface area (Å²) in [5, 5.41) is 14.7. The molecule has 0 heterocycles. The van der Waals surface area contributed by atoms with Crippen LogP contribution < -0.4 is 19.5 Å². The van der Waals surface area contributed by atoms with Crippen molar-refractivity contribution in [2.45, 2.75) is 13.2 Å². The summed E-state index contributed by atoms with van der Waals surface area (Å²) in [6.07, 6.45) is 1.57. The minimum atomic E-state index is -0.466. The van der Waals surface area contributed by atoms with E-state index in [-0.39, 0.29) is 12.1 Å². The largest absolute Gasteiger partial charge is 0.497 e. The van der Waals surface area contributed by atoms with Gasteiger partial charge in [-0.3, -0.25) is 4.79 Å². The number of methoxy groups -OCH3 is 2. The van der Waals surface area contributed by atoms with Gasteiger partial charge in [-0.15, -0.1) is 0 Å². The van der Waals surface area contributed by atoms with Crippen LogP contribution in [0, 0.1) is 14.9 Å². The topological polar surface area (TPSA) is 80.6 Å². The Bertz CT molecular complexity index is 1500. The van der Waals surface area contributed by atoms with Crippen LogP contribution in [0.2, 0.25) is 0 Å². The number of rotatable bonds is 9. The van der Waals surface area contributed by atoms with Gasteiger partial charge in [0.15, 0.2) is 0 Å². The van der Waals surface area contributed by atoms with Crippen LogP contribution in [-0.4, -0.2) is 20.1 Å². The van der Waals surface area contributed by atoms with E-state index in [4.69, 9.17) is 14.2 Å². The van der Waals surface area contributed by atoms with Crippen molar-refractivity contribution in [2.75, 3.05) is 14.2 Å². The fourth-order valence-corrected chi connectivity index (χ4v) is 4.58. The van der Waals surface area contributed by atoms with Gasteiger partial charge in [-0.2, -0.15) is 5.26 Å². The maximum Gasteiger partial charge on any atom is 0.262 e. The van der Waals surface area contributed by atoms with Gasteiger partial charge in [-0.1, -0.05) is 48.5 Å². The molecule has 1 N–H and O–H groups in total. The van der Waals surface area contributed by atoms with Crippen LogP contribution in [0.5, 0.6) is 17.2 Å². The Morgan fingerprint density at radius 2 is 1.76 bits per heavy atom. The number of halogens is 1. The third kappa shape index (κ3) is 6.40. The molecule has 0 aliphatic heterocycles. The first-order valence-electron chi connectivity index (χ1n) is 11.5. The smallest absolute Gasteiger partial charge is 0.262 e. The molecule has 0 unspecified atom stereocenters. The van der Waals surface area contributed by atoms with Crippen molar-refractivity contribution in [1.82, 2.24) is 5.32 Å². The number of fused-ring (bicyclic) bond motifs is 1. The lowest BCUT2D eigenvalue weighted by Gasteiger charge is -2.12. The van der Waals surface area contributed by atoms with Gasteiger partial charge in [0.05, 0.1) is 17.8 Å². The maximum atomic E-state index is 12.7. The molecule has 7 heteroatoms. The predicted octanol–water partition coefficient (Wildman–Crippen LogP) is 6.26. The van der Waals surface area contributed by atoms with E-state index in [1.807, 2.05) is 48.5 Å². The van der Waals surface area contributed by atoms with Crippen molar-refractivity contribution < 1.29 is 19.0 Å². The standard InChI is InChI=1S/C30H25IN2O4/c1-35-25-12-11-22(29(16-25)36-2)18-33-30(34)24(17-32)14-20-10-13-28(27(31)15-20)37-19-23-8-5-7-21-6-3-4-9-26(21)23/h3-16H,18-19H2,1-2H3,(H,33,34)/b24-14+. The van der Waals surface area contributed by atoms with Crippen LogP contribution in [0.15, 0.2) is 84.4 Å². The minimum absolute atomic E-state index is 0.00713. The van der Waals surface area contributed by atoms with Gasteiger partial charge in [0.2, 0.25) is 0 Å². The number of benzene rings is 4. The first-order valence-corrected chi connectivity index (χ1v) is 12.6. The zero-order valence-electron chi connectivity index (χ0n) is 20.5. The zero-order valence-corrected chi connectivity index (χ0v) is 22.6. The molecule has 4 aromatic carbocycles. The molecule has 186 valence electrons. The fourth-order valence-electron chi connectivity index (χ4n) is 3.88. The molecule has 0 aliphatic carbocycles. The molecule has 4 aromatic rings. The van der Waals surface area contributed by atoms with E-state index in [2.05, 4.69) is 52.2 Å². The van der Waals surface area contributed by atoms with E-state index in [9.17, 15) is 10.1 Å². The van der Waals surface area contributed by atoms with Crippen molar-refractivity contribution >= 4 is 45.3 Å². The first kappa shape index (κ1) is 26.0. The van der Waals surface area contributed by atoms with E-state index >= 15 is 0 Å². The second-order valence-corrected chi connectivity index (χ2v) is 9.31. The molecule has 0 atom stereocenters. The van der Waals surface area contributed by atoms with Gasteiger partial charge >= 0.3 is 0 Å². The number of hydrogen-bond donors (Lipinski definition) is 1. The highest BCUT2D eigenvalue weighted by Gasteiger charge is 2.12. The molecule has 0 saturated carbocycles. The van der Waals surface area contributed by atoms with Gasteiger partial charge < -0.3 is 19.5 Å². The molecule has 1 amide bonds. The van der Waals surface area contributed by atoms with Gasteiger partial charge in [-0.05, 0) is 74.8 Å². The van der Waals surface area contributed by atoms with Crippen LogP contribution in [0.1, 0.15) is 16.7 Å². The summed E-state index contributed by atoms with van der Waals surface area (Å²) < 4.78 is 17.6.